The predicted octanol–water partition coefficient (Wildman–Crippen LogP) is 2.33. The third-order valence-corrected chi connectivity index (χ3v) is 1.98. The van der Waals surface area contributed by atoms with Gasteiger partial charge in [-0.05, 0) is 22.0 Å². The second-order valence-electron chi connectivity index (χ2n) is 2.15. The fourth-order valence-corrected chi connectivity index (χ4v) is 1.24. The lowest BCUT2D eigenvalue weighted by molar-refractivity contribution is 0.477. The van der Waals surface area contributed by atoms with Crippen molar-refractivity contribution in [3.05, 3.63) is 33.6 Å². The smallest absolute Gasteiger partial charge is 0.166 e. The molecule has 0 atom stereocenters. The molecule has 0 unspecified atom stereocenters. The zero-order chi connectivity index (χ0) is 9.30. The Morgan fingerprint density at radius 3 is 2.33 bits per heavy atom. The van der Waals surface area contributed by atoms with Crippen LogP contribution in [0.25, 0.3) is 0 Å². The maximum absolute atomic E-state index is 12.9. The van der Waals surface area contributed by atoms with Gasteiger partial charge in [0.15, 0.2) is 11.6 Å². The van der Waals surface area contributed by atoms with Crippen LogP contribution < -0.4 is 5.73 Å². The Morgan fingerprint density at radius 1 is 1.25 bits per heavy atom. The molecule has 0 spiro atoms. The second kappa shape index (κ2) is 3.45. The average molecular weight is 240 g/mol. The van der Waals surface area contributed by atoms with E-state index in [0.29, 0.717) is 0 Å². The van der Waals surface area contributed by atoms with Crippen LogP contribution >= 0.6 is 15.9 Å². The first-order chi connectivity index (χ1) is 5.57. The second-order valence-corrected chi connectivity index (χ2v) is 3.01. The van der Waals surface area contributed by atoms with E-state index in [9.17, 15) is 13.2 Å². The van der Waals surface area contributed by atoms with Crippen molar-refractivity contribution in [3.63, 3.8) is 0 Å². The van der Waals surface area contributed by atoms with Crippen LogP contribution in [-0.4, -0.2) is 0 Å². The molecule has 2 N–H and O–H groups in total. The summed E-state index contributed by atoms with van der Waals surface area (Å²) in [6.07, 6.45) is 0. The van der Waals surface area contributed by atoms with E-state index in [-0.39, 0.29) is 11.0 Å². The molecular formula is C7H5BrF3N. The average Bonchev–Trinajstić information content (AvgIpc) is 2.02. The largest absolute Gasteiger partial charge is 0.326 e. The van der Waals surface area contributed by atoms with Crippen LogP contribution in [0.3, 0.4) is 0 Å². The van der Waals surface area contributed by atoms with Gasteiger partial charge in [-0.2, -0.15) is 0 Å². The van der Waals surface area contributed by atoms with Crippen LogP contribution in [0.4, 0.5) is 13.2 Å². The van der Waals surface area contributed by atoms with Crippen LogP contribution in [0.2, 0.25) is 0 Å². The van der Waals surface area contributed by atoms with E-state index < -0.39 is 23.0 Å². The molecule has 1 aromatic rings. The zero-order valence-corrected chi connectivity index (χ0v) is 7.46. The van der Waals surface area contributed by atoms with Crippen LogP contribution in [0, 0.1) is 17.5 Å². The minimum atomic E-state index is -1.22. The molecule has 0 amide bonds. The summed E-state index contributed by atoms with van der Waals surface area (Å²) in [5, 5.41) is 0. The summed E-state index contributed by atoms with van der Waals surface area (Å²) in [5.74, 6) is -3.18. The van der Waals surface area contributed by atoms with Gasteiger partial charge < -0.3 is 5.73 Å². The van der Waals surface area contributed by atoms with Crippen molar-refractivity contribution in [2.24, 2.45) is 5.73 Å². The van der Waals surface area contributed by atoms with E-state index >= 15 is 0 Å². The summed E-state index contributed by atoms with van der Waals surface area (Å²) in [5.41, 5.74) is 4.58. The first-order valence-corrected chi connectivity index (χ1v) is 3.89. The number of hydrogen-bond acceptors (Lipinski definition) is 1. The standard InChI is InChI=1S/C7H5BrF3N/c8-4-1-5(9)7(11)3(2-12)6(4)10/h1H,2,12H2. The van der Waals surface area contributed by atoms with Gasteiger partial charge in [0.2, 0.25) is 0 Å². The topological polar surface area (TPSA) is 26.0 Å². The van der Waals surface area contributed by atoms with Crippen molar-refractivity contribution in [1.29, 1.82) is 0 Å². The number of hydrogen-bond donors (Lipinski definition) is 1. The number of halogens is 4. The van der Waals surface area contributed by atoms with Crippen molar-refractivity contribution < 1.29 is 13.2 Å². The fraction of sp³-hybridized carbons (Fsp3) is 0.143. The van der Waals surface area contributed by atoms with Gasteiger partial charge in [-0.3, -0.25) is 0 Å². The summed E-state index contributed by atoms with van der Waals surface area (Å²) < 4.78 is 38.1. The summed E-state index contributed by atoms with van der Waals surface area (Å²) >= 11 is 2.73. The first kappa shape index (κ1) is 9.54. The van der Waals surface area contributed by atoms with Crippen LogP contribution in [0.1, 0.15) is 5.56 Å². The quantitative estimate of drug-likeness (QED) is 0.749. The third kappa shape index (κ3) is 1.47. The van der Waals surface area contributed by atoms with Gasteiger partial charge in [-0.25, -0.2) is 13.2 Å². The number of nitrogens with two attached hydrogens (primary N) is 1. The molecule has 0 radical (unpaired) electrons. The van der Waals surface area contributed by atoms with E-state index in [1.165, 1.54) is 0 Å². The molecule has 0 aliphatic rings. The Morgan fingerprint density at radius 2 is 1.83 bits per heavy atom. The molecule has 5 heteroatoms. The third-order valence-electron chi connectivity index (χ3n) is 1.41. The van der Waals surface area contributed by atoms with Crippen molar-refractivity contribution in [3.8, 4) is 0 Å². The lowest BCUT2D eigenvalue weighted by atomic mass is 10.2. The van der Waals surface area contributed by atoms with Gasteiger partial charge >= 0.3 is 0 Å². The van der Waals surface area contributed by atoms with E-state index in [4.69, 9.17) is 5.73 Å². The maximum Gasteiger partial charge on any atom is 0.166 e. The molecule has 0 saturated carbocycles. The van der Waals surface area contributed by atoms with Crippen LogP contribution in [0.15, 0.2) is 10.5 Å². The van der Waals surface area contributed by atoms with Gasteiger partial charge in [0.25, 0.3) is 0 Å². The minimum Gasteiger partial charge on any atom is -0.326 e. The molecule has 1 nitrogen and oxygen atoms in total. The van der Waals surface area contributed by atoms with E-state index in [0.717, 1.165) is 6.07 Å². The summed E-state index contributed by atoms with van der Waals surface area (Å²) in [4.78, 5) is 0. The van der Waals surface area contributed by atoms with Gasteiger partial charge in [-0.1, -0.05) is 0 Å². The van der Waals surface area contributed by atoms with E-state index in [1.54, 1.807) is 0 Å². The maximum atomic E-state index is 12.9. The molecule has 0 fully saturated rings. The van der Waals surface area contributed by atoms with E-state index in [2.05, 4.69) is 15.9 Å². The molecule has 1 aromatic carbocycles. The van der Waals surface area contributed by atoms with Crippen molar-refractivity contribution >= 4 is 15.9 Å². The Kier molecular flexibility index (Phi) is 2.74. The Bertz CT molecular complexity index is 288. The highest BCUT2D eigenvalue weighted by molar-refractivity contribution is 9.10. The van der Waals surface area contributed by atoms with Gasteiger partial charge in [0, 0.05) is 12.1 Å². The van der Waals surface area contributed by atoms with E-state index in [1.807, 2.05) is 0 Å². The molecule has 0 heterocycles. The molecule has 0 bridgehead atoms. The molecule has 0 aliphatic heterocycles. The van der Waals surface area contributed by atoms with Gasteiger partial charge in [0.05, 0.1) is 4.47 Å². The molecule has 12 heavy (non-hydrogen) atoms. The summed E-state index contributed by atoms with van der Waals surface area (Å²) in [7, 11) is 0. The molecule has 0 aromatic heterocycles. The Labute approximate surface area is 75.5 Å². The highest BCUT2D eigenvalue weighted by Gasteiger charge is 2.15. The SMILES string of the molecule is NCc1c(F)c(F)cc(Br)c1F. The normalized spacial score (nSPS) is 10.4. The molecule has 66 valence electrons. The highest BCUT2D eigenvalue weighted by atomic mass is 79.9. The Balaban J connectivity index is 3.42. The van der Waals surface area contributed by atoms with Crippen molar-refractivity contribution in [1.82, 2.24) is 0 Å². The lowest BCUT2D eigenvalue weighted by Crippen LogP contribution is -2.06. The van der Waals surface area contributed by atoms with Crippen LogP contribution in [0.5, 0.6) is 0 Å². The highest BCUT2D eigenvalue weighted by Crippen LogP contribution is 2.23. The fourth-order valence-electron chi connectivity index (χ4n) is 0.802. The molecule has 1 rings (SSSR count). The number of rotatable bonds is 1. The Hall–Kier alpha value is -0.550. The molecule has 0 saturated heterocycles. The zero-order valence-electron chi connectivity index (χ0n) is 5.87. The van der Waals surface area contributed by atoms with Crippen LogP contribution in [-0.2, 0) is 6.54 Å². The van der Waals surface area contributed by atoms with Gasteiger partial charge in [0.1, 0.15) is 5.82 Å². The lowest BCUT2D eigenvalue weighted by Gasteiger charge is -2.03. The summed E-state index contributed by atoms with van der Waals surface area (Å²) in [6.45, 7) is -0.367. The first-order valence-electron chi connectivity index (χ1n) is 3.10. The molecular weight excluding hydrogens is 235 g/mol. The monoisotopic (exact) mass is 239 g/mol. The minimum absolute atomic E-state index is 0.123. The number of benzene rings is 1. The molecule has 0 aliphatic carbocycles. The summed E-state index contributed by atoms with van der Waals surface area (Å²) in [6, 6.07) is 0.726. The van der Waals surface area contributed by atoms with Gasteiger partial charge in [-0.15, -0.1) is 0 Å². The predicted molar refractivity (Wildman–Crippen MR) is 41.9 cm³/mol. The van der Waals surface area contributed by atoms with Crippen molar-refractivity contribution in [2.75, 3.05) is 0 Å². The van der Waals surface area contributed by atoms with Crippen molar-refractivity contribution in [2.45, 2.75) is 6.54 Å².